The summed E-state index contributed by atoms with van der Waals surface area (Å²) in [6.45, 7) is 2.12. The molecule has 0 heterocycles. The van der Waals surface area contributed by atoms with E-state index in [1.165, 1.54) is 0 Å². The van der Waals surface area contributed by atoms with Gasteiger partial charge >= 0.3 is 0 Å². The van der Waals surface area contributed by atoms with Gasteiger partial charge in [-0.15, -0.1) is 0 Å². The standard InChI is InChI=1S/C13H13BrO3S/c1-10-2-4-13(5-3-10)18(15,16)17-9-12-8-11(12)6-7-14/h2-5,11-12H,8-9H2,1H3/t11-,12+/m1/s1. The first-order valence-corrected chi connectivity index (χ1v) is 7.80. The van der Waals surface area contributed by atoms with Crippen LogP contribution in [0.1, 0.15) is 12.0 Å². The van der Waals surface area contributed by atoms with Gasteiger partial charge in [0.1, 0.15) is 0 Å². The quantitative estimate of drug-likeness (QED) is 0.630. The van der Waals surface area contributed by atoms with Gasteiger partial charge in [0.15, 0.2) is 0 Å². The van der Waals surface area contributed by atoms with E-state index in [1.807, 2.05) is 6.92 Å². The minimum absolute atomic E-state index is 0.205. The van der Waals surface area contributed by atoms with Crippen LogP contribution in [-0.4, -0.2) is 15.0 Å². The third-order valence-corrected chi connectivity index (χ3v) is 4.43. The Kier molecular flexibility index (Phi) is 4.10. The third kappa shape index (κ3) is 3.35. The summed E-state index contributed by atoms with van der Waals surface area (Å²) in [4.78, 5) is 2.86. The van der Waals surface area contributed by atoms with Crippen LogP contribution >= 0.6 is 15.9 Å². The fourth-order valence-corrected chi connectivity index (χ4v) is 2.88. The molecule has 0 N–H and O–H groups in total. The molecule has 0 bridgehead atoms. The van der Waals surface area contributed by atoms with Crippen LogP contribution in [0.25, 0.3) is 0 Å². The molecule has 1 fully saturated rings. The van der Waals surface area contributed by atoms with E-state index in [9.17, 15) is 8.42 Å². The molecule has 1 aromatic carbocycles. The Balaban J connectivity index is 1.96. The first-order valence-electron chi connectivity index (χ1n) is 5.60. The maximum atomic E-state index is 11.9. The van der Waals surface area contributed by atoms with Gasteiger partial charge in [-0.25, -0.2) is 0 Å². The molecule has 5 heteroatoms. The van der Waals surface area contributed by atoms with E-state index in [-0.39, 0.29) is 23.3 Å². The molecule has 0 unspecified atom stereocenters. The van der Waals surface area contributed by atoms with Crippen molar-refractivity contribution in [1.82, 2.24) is 0 Å². The average molecular weight is 329 g/mol. The zero-order valence-electron chi connectivity index (χ0n) is 9.89. The molecule has 0 aromatic heterocycles. The van der Waals surface area contributed by atoms with E-state index in [4.69, 9.17) is 4.18 Å². The van der Waals surface area contributed by atoms with Crippen LogP contribution in [0.2, 0.25) is 0 Å². The Bertz CT molecular complexity index is 581. The normalized spacial score (nSPS) is 22.1. The summed E-state index contributed by atoms with van der Waals surface area (Å²) >= 11 is 3.03. The Morgan fingerprint density at radius 1 is 1.39 bits per heavy atom. The van der Waals surface area contributed by atoms with Crippen molar-refractivity contribution in [3.05, 3.63) is 29.8 Å². The molecule has 1 aromatic rings. The molecule has 3 nitrogen and oxygen atoms in total. The summed E-state index contributed by atoms with van der Waals surface area (Å²) in [7, 11) is -3.63. The van der Waals surface area contributed by atoms with Crippen molar-refractivity contribution >= 4 is 26.0 Å². The van der Waals surface area contributed by atoms with Crippen molar-refractivity contribution in [2.24, 2.45) is 11.8 Å². The summed E-state index contributed by atoms with van der Waals surface area (Å²) in [6, 6.07) is 6.64. The Morgan fingerprint density at radius 2 is 2.06 bits per heavy atom. The number of halogens is 1. The summed E-state index contributed by atoms with van der Waals surface area (Å²) in [5, 5.41) is 0. The number of hydrogen-bond acceptors (Lipinski definition) is 3. The lowest BCUT2D eigenvalue weighted by Crippen LogP contribution is -2.09. The predicted molar refractivity (Wildman–Crippen MR) is 72.6 cm³/mol. The molecular weight excluding hydrogens is 316 g/mol. The molecule has 0 radical (unpaired) electrons. The maximum Gasteiger partial charge on any atom is 0.296 e. The molecule has 2 atom stereocenters. The van der Waals surface area contributed by atoms with Gasteiger partial charge in [0, 0.05) is 21.8 Å². The smallest absolute Gasteiger partial charge is 0.266 e. The third-order valence-electron chi connectivity index (χ3n) is 2.91. The van der Waals surface area contributed by atoms with Crippen LogP contribution in [0.4, 0.5) is 0 Å². The van der Waals surface area contributed by atoms with E-state index in [0.717, 1.165) is 12.0 Å². The minimum Gasteiger partial charge on any atom is -0.266 e. The van der Waals surface area contributed by atoms with Crippen molar-refractivity contribution in [3.63, 3.8) is 0 Å². The predicted octanol–water partition coefficient (Wildman–Crippen LogP) is 2.69. The molecule has 1 aliphatic rings. The first-order chi connectivity index (χ1) is 8.53. The van der Waals surface area contributed by atoms with E-state index < -0.39 is 10.1 Å². The highest BCUT2D eigenvalue weighted by molar-refractivity contribution is 9.12. The van der Waals surface area contributed by atoms with Crippen molar-refractivity contribution < 1.29 is 12.6 Å². The fourth-order valence-electron chi connectivity index (χ4n) is 1.63. The highest BCUT2D eigenvalue weighted by Gasteiger charge is 2.37. The van der Waals surface area contributed by atoms with Crippen molar-refractivity contribution in [3.8, 4) is 10.8 Å². The van der Waals surface area contributed by atoms with Crippen molar-refractivity contribution in [1.29, 1.82) is 0 Å². The van der Waals surface area contributed by atoms with Crippen molar-refractivity contribution in [2.45, 2.75) is 18.2 Å². The Morgan fingerprint density at radius 3 is 2.67 bits per heavy atom. The molecule has 18 heavy (non-hydrogen) atoms. The van der Waals surface area contributed by atoms with Crippen molar-refractivity contribution in [2.75, 3.05) is 6.61 Å². The van der Waals surface area contributed by atoms with Crippen LogP contribution < -0.4 is 0 Å². The largest absolute Gasteiger partial charge is 0.296 e. The van der Waals surface area contributed by atoms with Gasteiger partial charge in [-0.1, -0.05) is 23.6 Å². The monoisotopic (exact) mass is 328 g/mol. The lowest BCUT2D eigenvalue weighted by atomic mass is 10.2. The van der Waals surface area contributed by atoms with E-state index >= 15 is 0 Å². The summed E-state index contributed by atoms with van der Waals surface area (Å²) in [5.74, 6) is 3.44. The summed E-state index contributed by atoms with van der Waals surface area (Å²) in [5.41, 5.74) is 1.02. The van der Waals surface area contributed by atoms with E-state index in [2.05, 4.69) is 26.7 Å². The van der Waals surface area contributed by atoms with Gasteiger partial charge in [0.25, 0.3) is 10.1 Å². The van der Waals surface area contributed by atoms with Gasteiger partial charge in [0.2, 0.25) is 0 Å². The average Bonchev–Trinajstić information content (AvgIpc) is 3.06. The molecule has 2 rings (SSSR count). The highest BCUT2D eigenvalue weighted by atomic mass is 79.9. The van der Waals surface area contributed by atoms with Crippen LogP contribution in [0.3, 0.4) is 0 Å². The van der Waals surface area contributed by atoms with Gasteiger partial charge in [-0.3, -0.25) is 4.18 Å². The first kappa shape index (κ1) is 13.6. The summed E-state index contributed by atoms with van der Waals surface area (Å²) < 4.78 is 28.8. The van der Waals surface area contributed by atoms with Crippen LogP contribution in [0, 0.1) is 29.5 Å². The molecule has 96 valence electrons. The molecular formula is C13H13BrO3S. The molecule has 0 saturated heterocycles. The number of rotatable bonds is 4. The minimum atomic E-state index is -3.63. The fraction of sp³-hybridized carbons (Fsp3) is 0.385. The second-order valence-corrected chi connectivity index (χ2v) is 6.40. The molecule has 0 amide bonds. The molecule has 0 aliphatic heterocycles. The number of benzene rings is 1. The van der Waals surface area contributed by atoms with Gasteiger partial charge in [-0.2, -0.15) is 8.42 Å². The lowest BCUT2D eigenvalue weighted by molar-refractivity contribution is 0.298. The lowest BCUT2D eigenvalue weighted by Gasteiger charge is -2.05. The van der Waals surface area contributed by atoms with Gasteiger partial charge in [0.05, 0.1) is 11.5 Å². The number of aryl methyl sites for hydroxylation is 1. The second-order valence-electron chi connectivity index (χ2n) is 4.39. The van der Waals surface area contributed by atoms with E-state index in [1.54, 1.807) is 24.3 Å². The second kappa shape index (κ2) is 5.43. The van der Waals surface area contributed by atoms with Crippen LogP contribution in [-0.2, 0) is 14.3 Å². The van der Waals surface area contributed by atoms with Crippen LogP contribution in [0.15, 0.2) is 29.2 Å². The zero-order chi connectivity index (χ0) is 13.2. The number of hydrogen-bond donors (Lipinski definition) is 0. The van der Waals surface area contributed by atoms with Gasteiger partial charge < -0.3 is 0 Å². The Hall–Kier alpha value is -0.830. The van der Waals surface area contributed by atoms with Gasteiger partial charge in [-0.05, 0) is 36.2 Å². The summed E-state index contributed by atoms with van der Waals surface area (Å²) in [6.07, 6.45) is 0.905. The Labute approximate surface area is 116 Å². The highest BCUT2D eigenvalue weighted by Crippen LogP contribution is 2.38. The molecule has 1 aliphatic carbocycles. The van der Waals surface area contributed by atoms with Crippen LogP contribution in [0.5, 0.6) is 0 Å². The topological polar surface area (TPSA) is 43.4 Å². The zero-order valence-corrected chi connectivity index (χ0v) is 12.3. The van der Waals surface area contributed by atoms with E-state index in [0.29, 0.717) is 0 Å². The maximum absolute atomic E-state index is 11.9. The molecule has 1 saturated carbocycles. The molecule has 0 spiro atoms. The SMILES string of the molecule is Cc1ccc(S(=O)(=O)OC[C@@H]2C[C@H]2C#CBr)cc1.